The Labute approximate surface area is 215 Å². The van der Waals surface area contributed by atoms with E-state index in [2.05, 4.69) is 15.3 Å². The number of carbonyl (C=O) groups excluding carboxylic acids is 1. The first-order chi connectivity index (χ1) is 18.1. The number of ether oxygens (including phenoxy) is 2. The lowest BCUT2D eigenvalue weighted by molar-refractivity contribution is 0.102. The molecule has 3 aromatic carbocycles. The maximum atomic E-state index is 12.7. The van der Waals surface area contributed by atoms with Crippen LogP contribution in [0.25, 0.3) is 0 Å². The van der Waals surface area contributed by atoms with Crippen LogP contribution in [0.2, 0.25) is 0 Å². The second kappa shape index (κ2) is 12.0. The summed E-state index contributed by atoms with van der Waals surface area (Å²) in [6.07, 6.45) is 1.36. The number of anilines is 1. The molecule has 0 spiro atoms. The number of nitrogens with zero attached hydrogens (tertiary/aromatic N) is 3. The molecule has 0 saturated carbocycles. The number of hydrogen-bond acceptors (Lipinski definition) is 6. The monoisotopic (exact) mass is 491 g/mol. The molecule has 1 heterocycles. The van der Waals surface area contributed by atoms with Gasteiger partial charge in [-0.05, 0) is 53.1 Å². The van der Waals surface area contributed by atoms with E-state index in [1.165, 1.54) is 19.4 Å². The summed E-state index contributed by atoms with van der Waals surface area (Å²) in [5.41, 5.74) is 9.80. The van der Waals surface area contributed by atoms with E-state index in [0.29, 0.717) is 17.9 Å². The van der Waals surface area contributed by atoms with Crippen LogP contribution in [-0.2, 0) is 11.3 Å². The van der Waals surface area contributed by atoms with Crippen LogP contribution in [0.4, 0.5) is 5.69 Å². The highest BCUT2D eigenvalue weighted by atomic mass is 16.5. The van der Waals surface area contributed by atoms with E-state index in [1.54, 1.807) is 12.1 Å². The zero-order valence-corrected chi connectivity index (χ0v) is 20.2. The van der Waals surface area contributed by atoms with Crippen LogP contribution in [0.1, 0.15) is 38.8 Å². The molecular weight excluding hydrogens is 466 g/mol. The fourth-order valence-corrected chi connectivity index (χ4v) is 3.58. The smallest absolute Gasteiger partial charge is 0.282 e. The van der Waals surface area contributed by atoms with E-state index in [9.17, 15) is 4.79 Å². The van der Waals surface area contributed by atoms with E-state index >= 15 is 0 Å². The molecule has 0 radical (unpaired) electrons. The standard InChI is InChI=1S/C29H25N5O3/c1-36-29(31)34-27(22-11-13-25(14-12-22)37-19-20-6-3-2-4-7-20)23-8-5-9-24(16-23)33-28(35)26-15-10-21(17-30)18-32-26/h2-16,18,27H,19H2,1H3,(H2,31,34)(H,33,35). The van der Waals surface area contributed by atoms with Gasteiger partial charge in [0, 0.05) is 11.9 Å². The van der Waals surface area contributed by atoms with Crippen molar-refractivity contribution in [2.45, 2.75) is 12.6 Å². The molecule has 0 aliphatic rings. The first-order valence-corrected chi connectivity index (χ1v) is 11.5. The molecule has 0 saturated heterocycles. The number of nitrogens with one attached hydrogen (secondary N) is 1. The maximum Gasteiger partial charge on any atom is 0.282 e. The number of aliphatic imine (C=N–C) groups is 1. The Kier molecular flexibility index (Phi) is 8.09. The lowest BCUT2D eigenvalue weighted by atomic mass is 9.98. The normalized spacial score (nSPS) is 11.7. The van der Waals surface area contributed by atoms with Crippen molar-refractivity contribution in [3.05, 3.63) is 125 Å². The zero-order valence-electron chi connectivity index (χ0n) is 20.2. The minimum atomic E-state index is -0.479. The molecule has 184 valence electrons. The molecule has 1 amide bonds. The number of nitrogens with two attached hydrogens (primary N) is 1. The molecule has 1 atom stereocenters. The van der Waals surface area contributed by atoms with Crippen LogP contribution in [0, 0.1) is 11.3 Å². The van der Waals surface area contributed by atoms with Gasteiger partial charge in [0.2, 0.25) is 0 Å². The molecule has 4 aromatic rings. The fraction of sp³-hybridized carbons (Fsp3) is 0.103. The number of benzene rings is 3. The van der Waals surface area contributed by atoms with Crippen molar-refractivity contribution in [2.24, 2.45) is 10.7 Å². The third-order valence-electron chi connectivity index (χ3n) is 5.50. The summed E-state index contributed by atoms with van der Waals surface area (Å²) in [4.78, 5) is 21.2. The zero-order chi connectivity index (χ0) is 26.0. The summed E-state index contributed by atoms with van der Waals surface area (Å²) < 4.78 is 11.0. The van der Waals surface area contributed by atoms with Gasteiger partial charge in [-0.2, -0.15) is 5.26 Å². The van der Waals surface area contributed by atoms with Crippen molar-refractivity contribution >= 4 is 17.6 Å². The number of amides is 1. The first kappa shape index (κ1) is 24.9. The Bertz CT molecular complexity index is 1410. The molecule has 37 heavy (non-hydrogen) atoms. The van der Waals surface area contributed by atoms with Crippen LogP contribution < -0.4 is 15.8 Å². The second-order valence-electron chi connectivity index (χ2n) is 8.04. The lowest BCUT2D eigenvalue weighted by Gasteiger charge is -2.16. The van der Waals surface area contributed by atoms with Crippen LogP contribution >= 0.6 is 0 Å². The Hall–Kier alpha value is -5.16. The van der Waals surface area contributed by atoms with Crippen LogP contribution in [0.3, 0.4) is 0 Å². The van der Waals surface area contributed by atoms with Gasteiger partial charge in [-0.25, -0.2) is 9.98 Å². The van der Waals surface area contributed by atoms with Crippen molar-refractivity contribution in [1.82, 2.24) is 4.98 Å². The molecule has 3 N–H and O–H groups in total. The average molecular weight is 492 g/mol. The molecule has 1 unspecified atom stereocenters. The highest BCUT2D eigenvalue weighted by Gasteiger charge is 2.16. The van der Waals surface area contributed by atoms with E-state index in [4.69, 9.17) is 20.5 Å². The molecule has 8 nitrogen and oxygen atoms in total. The van der Waals surface area contributed by atoms with Gasteiger partial charge in [-0.15, -0.1) is 0 Å². The van der Waals surface area contributed by atoms with Crippen LogP contribution in [0.15, 0.2) is 102 Å². The predicted octanol–water partition coefficient (Wildman–Crippen LogP) is 4.84. The number of rotatable bonds is 8. The van der Waals surface area contributed by atoms with Crippen LogP contribution in [-0.4, -0.2) is 24.0 Å². The van der Waals surface area contributed by atoms with Crippen molar-refractivity contribution in [2.75, 3.05) is 12.4 Å². The number of hydrogen-bond donors (Lipinski definition) is 2. The SMILES string of the molecule is COC(N)=NC(c1ccc(OCc2ccccc2)cc1)c1cccc(NC(=O)c2ccc(C#N)cn2)c1. The Balaban J connectivity index is 1.53. The molecule has 0 aliphatic carbocycles. The largest absolute Gasteiger partial charge is 0.489 e. The highest BCUT2D eigenvalue weighted by molar-refractivity contribution is 6.02. The maximum absolute atomic E-state index is 12.7. The predicted molar refractivity (Wildman–Crippen MR) is 141 cm³/mol. The van der Waals surface area contributed by atoms with Crippen molar-refractivity contribution in [3.63, 3.8) is 0 Å². The van der Waals surface area contributed by atoms with Gasteiger partial charge >= 0.3 is 0 Å². The van der Waals surface area contributed by atoms with Crippen LogP contribution in [0.5, 0.6) is 5.75 Å². The van der Waals surface area contributed by atoms with Crippen molar-refractivity contribution in [3.8, 4) is 11.8 Å². The molecular formula is C29H25N5O3. The summed E-state index contributed by atoms with van der Waals surface area (Å²) in [7, 11) is 1.46. The van der Waals surface area contributed by atoms with E-state index in [-0.39, 0.29) is 11.7 Å². The van der Waals surface area contributed by atoms with E-state index < -0.39 is 11.9 Å². The number of amidine groups is 1. The number of carbonyl (C=O) groups is 1. The molecule has 0 bridgehead atoms. The summed E-state index contributed by atoms with van der Waals surface area (Å²) in [6.45, 7) is 0.466. The molecule has 0 fully saturated rings. The minimum Gasteiger partial charge on any atom is -0.489 e. The van der Waals surface area contributed by atoms with Gasteiger partial charge in [-0.1, -0.05) is 54.6 Å². The average Bonchev–Trinajstić information content (AvgIpc) is 2.95. The van der Waals surface area contributed by atoms with Gasteiger partial charge in [-0.3, -0.25) is 4.79 Å². The molecule has 0 aliphatic heterocycles. The Morgan fingerprint density at radius 1 is 1.03 bits per heavy atom. The van der Waals surface area contributed by atoms with Gasteiger partial charge in [0.25, 0.3) is 11.9 Å². The number of aromatic nitrogens is 1. The number of nitriles is 1. The van der Waals surface area contributed by atoms with Crippen molar-refractivity contribution < 1.29 is 14.3 Å². The Morgan fingerprint density at radius 2 is 1.81 bits per heavy atom. The molecule has 4 rings (SSSR count). The topological polar surface area (TPSA) is 123 Å². The Morgan fingerprint density at radius 3 is 2.49 bits per heavy atom. The van der Waals surface area contributed by atoms with Crippen molar-refractivity contribution in [1.29, 1.82) is 5.26 Å². The third-order valence-corrected chi connectivity index (χ3v) is 5.50. The first-order valence-electron chi connectivity index (χ1n) is 11.5. The summed E-state index contributed by atoms with van der Waals surface area (Å²) in [5.74, 6) is 0.337. The molecule has 1 aromatic heterocycles. The highest BCUT2D eigenvalue weighted by Crippen LogP contribution is 2.30. The van der Waals surface area contributed by atoms with Gasteiger partial charge in [0.1, 0.15) is 30.2 Å². The summed E-state index contributed by atoms with van der Waals surface area (Å²) >= 11 is 0. The second-order valence-corrected chi connectivity index (χ2v) is 8.04. The van der Waals surface area contributed by atoms with Gasteiger partial charge in [0.15, 0.2) is 0 Å². The summed E-state index contributed by atoms with van der Waals surface area (Å²) in [5, 5.41) is 11.8. The molecule has 8 heteroatoms. The van der Waals surface area contributed by atoms with E-state index in [0.717, 1.165) is 22.4 Å². The minimum absolute atomic E-state index is 0.0330. The fourth-order valence-electron chi connectivity index (χ4n) is 3.58. The van der Waals surface area contributed by atoms with E-state index in [1.807, 2.05) is 78.9 Å². The third kappa shape index (κ3) is 6.71. The quantitative estimate of drug-likeness (QED) is 0.269. The number of pyridine rings is 1. The van der Waals surface area contributed by atoms with Gasteiger partial charge < -0.3 is 20.5 Å². The number of methoxy groups -OCH3 is 1. The van der Waals surface area contributed by atoms with Gasteiger partial charge in [0.05, 0.1) is 12.7 Å². The lowest BCUT2D eigenvalue weighted by Crippen LogP contribution is -2.16. The summed E-state index contributed by atoms with van der Waals surface area (Å²) in [6, 6.07) is 29.4.